The highest BCUT2D eigenvalue weighted by Crippen LogP contribution is 2.26. The second-order valence-electron chi connectivity index (χ2n) is 4.21. The van der Waals surface area contributed by atoms with Crippen molar-refractivity contribution in [3.63, 3.8) is 0 Å². The molecular weight excluding hydrogens is 207 g/mol. The number of piperidine rings is 1. The van der Waals surface area contributed by atoms with Gasteiger partial charge in [0.05, 0.1) is 0 Å². The van der Waals surface area contributed by atoms with E-state index in [1.54, 1.807) is 6.07 Å². The Bertz CT molecular complexity index is 503. The highest BCUT2D eigenvalue weighted by atomic mass is 19.1. The lowest BCUT2D eigenvalue weighted by Gasteiger charge is -2.19. The van der Waals surface area contributed by atoms with Crippen LogP contribution in [0.2, 0.25) is 0 Å². The maximum atomic E-state index is 13.0. The van der Waals surface area contributed by atoms with Crippen molar-refractivity contribution in [2.75, 3.05) is 13.1 Å². The molecule has 0 bridgehead atoms. The van der Waals surface area contributed by atoms with Gasteiger partial charge in [-0.25, -0.2) is 9.37 Å². The molecule has 16 heavy (non-hydrogen) atoms. The standard InChI is InChI=1S/C12H13FN2O/c13-9-3-4-10-11(6-9)16-12(15-10)8-2-1-5-14-7-8/h3-4,6,8,14H,1-2,5,7H2. The van der Waals surface area contributed by atoms with E-state index >= 15 is 0 Å². The fourth-order valence-corrected chi connectivity index (χ4v) is 2.15. The van der Waals surface area contributed by atoms with E-state index in [9.17, 15) is 4.39 Å². The Morgan fingerprint density at radius 2 is 2.38 bits per heavy atom. The monoisotopic (exact) mass is 220 g/mol. The first-order valence-electron chi connectivity index (χ1n) is 5.59. The van der Waals surface area contributed by atoms with Gasteiger partial charge in [-0.1, -0.05) is 0 Å². The minimum atomic E-state index is -0.281. The lowest BCUT2D eigenvalue weighted by molar-refractivity contribution is 0.387. The van der Waals surface area contributed by atoms with Gasteiger partial charge >= 0.3 is 0 Å². The molecule has 1 aliphatic rings. The van der Waals surface area contributed by atoms with Crippen LogP contribution in [0.25, 0.3) is 11.1 Å². The van der Waals surface area contributed by atoms with Crippen LogP contribution in [0.3, 0.4) is 0 Å². The zero-order chi connectivity index (χ0) is 11.0. The molecule has 4 heteroatoms. The predicted octanol–water partition coefficient (Wildman–Crippen LogP) is 2.43. The second kappa shape index (κ2) is 3.87. The van der Waals surface area contributed by atoms with Crippen LogP contribution in [0, 0.1) is 5.82 Å². The summed E-state index contributed by atoms with van der Waals surface area (Å²) in [5, 5.41) is 3.31. The van der Waals surface area contributed by atoms with Gasteiger partial charge in [-0.2, -0.15) is 0 Å². The van der Waals surface area contributed by atoms with Gasteiger partial charge in [0, 0.05) is 18.5 Å². The van der Waals surface area contributed by atoms with Crippen molar-refractivity contribution in [2.45, 2.75) is 18.8 Å². The van der Waals surface area contributed by atoms with Crippen LogP contribution in [0.15, 0.2) is 22.6 Å². The lowest BCUT2D eigenvalue weighted by Crippen LogP contribution is -2.28. The molecule has 1 unspecified atom stereocenters. The third-order valence-corrected chi connectivity index (χ3v) is 3.01. The minimum absolute atomic E-state index is 0.281. The highest BCUT2D eigenvalue weighted by molar-refractivity contribution is 5.72. The first kappa shape index (κ1) is 9.78. The predicted molar refractivity (Wildman–Crippen MR) is 58.8 cm³/mol. The Kier molecular flexibility index (Phi) is 2.36. The molecular formula is C12H13FN2O. The molecule has 3 nitrogen and oxygen atoms in total. The number of benzene rings is 1. The summed E-state index contributed by atoms with van der Waals surface area (Å²) in [6.45, 7) is 1.96. The van der Waals surface area contributed by atoms with Gasteiger partial charge in [-0.15, -0.1) is 0 Å². The molecule has 0 amide bonds. The van der Waals surface area contributed by atoms with E-state index in [0.29, 0.717) is 11.5 Å². The van der Waals surface area contributed by atoms with Gasteiger partial charge in [0.1, 0.15) is 11.3 Å². The summed E-state index contributed by atoms with van der Waals surface area (Å²) in [4.78, 5) is 4.40. The normalized spacial score (nSPS) is 21.4. The Morgan fingerprint density at radius 3 is 3.19 bits per heavy atom. The van der Waals surface area contributed by atoms with Crippen LogP contribution in [-0.2, 0) is 0 Å². The van der Waals surface area contributed by atoms with E-state index < -0.39 is 0 Å². The molecule has 1 aliphatic heterocycles. The molecule has 84 valence electrons. The summed E-state index contributed by atoms with van der Waals surface area (Å²) < 4.78 is 18.6. The van der Waals surface area contributed by atoms with E-state index in [4.69, 9.17) is 4.42 Å². The van der Waals surface area contributed by atoms with Crippen molar-refractivity contribution in [3.05, 3.63) is 29.9 Å². The summed E-state index contributed by atoms with van der Waals surface area (Å²) in [6, 6.07) is 4.46. The highest BCUT2D eigenvalue weighted by Gasteiger charge is 2.20. The van der Waals surface area contributed by atoms with Crippen LogP contribution in [0.4, 0.5) is 4.39 Å². The number of aromatic nitrogens is 1. The summed E-state index contributed by atoms with van der Waals surface area (Å²) in [5.74, 6) is 0.772. The molecule has 0 aliphatic carbocycles. The smallest absolute Gasteiger partial charge is 0.199 e. The van der Waals surface area contributed by atoms with E-state index in [-0.39, 0.29) is 5.82 Å². The Labute approximate surface area is 92.7 Å². The van der Waals surface area contributed by atoms with Gasteiger partial charge in [-0.05, 0) is 31.5 Å². The van der Waals surface area contributed by atoms with Crippen LogP contribution >= 0.6 is 0 Å². The summed E-state index contributed by atoms with van der Waals surface area (Å²) in [5.41, 5.74) is 1.28. The van der Waals surface area contributed by atoms with Gasteiger partial charge in [0.2, 0.25) is 0 Å². The third-order valence-electron chi connectivity index (χ3n) is 3.01. The molecule has 1 N–H and O–H groups in total. The number of oxazole rings is 1. The Hall–Kier alpha value is -1.42. The molecule has 1 saturated heterocycles. The summed E-state index contributed by atoms with van der Waals surface area (Å²) in [6.07, 6.45) is 2.22. The van der Waals surface area contributed by atoms with Crippen LogP contribution in [0.1, 0.15) is 24.7 Å². The quantitative estimate of drug-likeness (QED) is 0.802. The van der Waals surface area contributed by atoms with Crippen LogP contribution in [-0.4, -0.2) is 18.1 Å². The second-order valence-corrected chi connectivity index (χ2v) is 4.21. The number of halogens is 1. The van der Waals surface area contributed by atoms with Crippen LogP contribution < -0.4 is 5.32 Å². The van der Waals surface area contributed by atoms with Crippen molar-refractivity contribution >= 4 is 11.1 Å². The van der Waals surface area contributed by atoms with Crippen LogP contribution in [0.5, 0.6) is 0 Å². The average molecular weight is 220 g/mol. The molecule has 1 aromatic carbocycles. The van der Waals surface area contributed by atoms with E-state index in [0.717, 1.165) is 37.3 Å². The number of rotatable bonds is 1. The molecule has 1 aromatic heterocycles. The van der Waals surface area contributed by atoms with Crippen molar-refractivity contribution in [2.24, 2.45) is 0 Å². The average Bonchev–Trinajstić information content (AvgIpc) is 2.73. The van der Waals surface area contributed by atoms with Crippen molar-refractivity contribution in [3.8, 4) is 0 Å². The SMILES string of the molecule is Fc1ccc2nc(C3CCCNC3)oc2c1. The summed E-state index contributed by atoms with van der Waals surface area (Å²) >= 11 is 0. The maximum absolute atomic E-state index is 13.0. The molecule has 1 atom stereocenters. The molecule has 0 saturated carbocycles. The molecule has 3 rings (SSSR count). The largest absolute Gasteiger partial charge is 0.440 e. The van der Waals surface area contributed by atoms with Crippen molar-refractivity contribution in [1.82, 2.24) is 10.3 Å². The van der Waals surface area contributed by atoms with Gasteiger partial charge in [0.25, 0.3) is 0 Å². The zero-order valence-corrected chi connectivity index (χ0v) is 8.87. The number of hydrogen-bond acceptors (Lipinski definition) is 3. The maximum Gasteiger partial charge on any atom is 0.199 e. The first-order valence-corrected chi connectivity index (χ1v) is 5.59. The number of fused-ring (bicyclic) bond motifs is 1. The summed E-state index contributed by atoms with van der Waals surface area (Å²) in [7, 11) is 0. The zero-order valence-electron chi connectivity index (χ0n) is 8.87. The van der Waals surface area contributed by atoms with E-state index in [2.05, 4.69) is 10.3 Å². The third kappa shape index (κ3) is 1.69. The fraction of sp³-hybridized carbons (Fsp3) is 0.417. The number of nitrogens with one attached hydrogen (secondary N) is 1. The fourth-order valence-electron chi connectivity index (χ4n) is 2.15. The van der Waals surface area contributed by atoms with Gasteiger partial charge in [-0.3, -0.25) is 0 Å². The Balaban J connectivity index is 1.97. The van der Waals surface area contributed by atoms with Gasteiger partial charge < -0.3 is 9.73 Å². The van der Waals surface area contributed by atoms with E-state index in [1.807, 2.05) is 0 Å². The molecule has 0 radical (unpaired) electrons. The topological polar surface area (TPSA) is 38.1 Å². The molecule has 2 aromatic rings. The van der Waals surface area contributed by atoms with Crippen molar-refractivity contribution in [1.29, 1.82) is 0 Å². The molecule has 0 spiro atoms. The number of hydrogen-bond donors (Lipinski definition) is 1. The number of nitrogens with zero attached hydrogens (tertiary/aromatic N) is 1. The molecule has 1 fully saturated rings. The lowest BCUT2D eigenvalue weighted by atomic mass is 10.00. The van der Waals surface area contributed by atoms with E-state index in [1.165, 1.54) is 12.1 Å². The first-order chi connectivity index (χ1) is 7.83. The minimum Gasteiger partial charge on any atom is -0.440 e. The van der Waals surface area contributed by atoms with Gasteiger partial charge in [0.15, 0.2) is 11.5 Å². The Morgan fingerprint density at radius 1 is 1.44 bits per heavy atom. The molecule has 2 heterocycles. The van der Waals surface area contributed by atoms with Crippen molar-refractivity contribution < 1.29 is 8.81 Å².